The standard InChI is InChI=1S/C21H24N4O2S/c1-2-27-17-7-5-16(6-8-17)15-24-9-11-25(12-10-24)21(26)19-14-18(22-23-19)20-4-3-13-28-20/h3-8,13-14H,2,9-12,15H2,1H3,(H,22,23). The summed E-state index contributed by atoms with van der Waals surface area (Å²) < 4.78 is 5.49. The van der Waals surface area contributed by atoms with Crippen molar-refractivity contribution >= 4 is 17.2 Å². The van der Waals surface area contributed by atoms with E-state index < -0.39 is 0 Å². The second-order valence-corrected chi connectivity index (χ2v) is 7.74. The Balaban J connectivity index is 1.30. The van der Waals surface area contributed by atoms with Crippen LogP contribution in [-0.4, -0.2) is 58.7 Å². The van der Waals surface area contributed by atoms with Crippen molar-refractivity contribution in [3.63, 3.8) is 0 Å². The van der Waals surface area contributed by atoms with Gasteiger partial charge in [0.15, 0.2) is 5.69 Å². The van der Waals surface area contributed by atoms with Gasteiger partial charge in [0.05, 0.1) is 17.2 Å². The number of rotatable bonds is 6. The van der Waals surface area contributed by atoms with Gasteiger partial charge in [-0.1, -0.05) is 18.2 Å². The van der Waals surface area contributed by atoms with Gasteiger partial charge in [-0.25, -0.2) is 0 Å². The molecule has 1 saturated heterocycles. The zero-order valence-electron chi connectivity index (χ0n) is 15.9. The fourth-order valence-corrected chi connectivity index (χ4v) is 4.07. The first kappa shape index (κ1) is 18.7. The van der Waals surface area contributed by atoms with Crippen molar-refractivity contribution in [2.24, 2.45) is 0 Å². The molecule has 0 saturated carbocycles. The molecule has 4 rings (SSSR count). The number of piperazine rings is 1. The number of benzene rings is 1. The lowest BCUT2D eigenvalue weighted by molar-refractivity contribution is 0.0622. The van der Waals surface area contributed by atoms with E-state index in [0.717, 1.165) is 49.0 Å². The zero-order valence-corrected chi connectivity index (χ0v) is 16.7. The van der Waals surface area contributed by atoms with Crippen molar-refractivity contribution < 1.29 is 9.53 Å². The molecule has 0 bridgehead atoms. The quantitative estimate of drug-likeness (QED) is 0.693. The number of aromatic amines is 1. The summed E-state index contributed by atoms with van der Waals surface area (Å²) in [5.41, 5.74) is 2.65. The van der Waals surface area contributed by atoms with E-state index in [2.05, 4.69) is 27.2 Å². The first-order valence-corrected chi connectivity index (χ1v) is 10.4. The number of nitrogens with one attached hydrogen (secondary N) is 1. The molecule has 0 atom stereocenters. The normalized spacial score (nSPS) is 15.0. The van der Waals surface area contributed by atoms with Gasteiger partial charge >= 0.3 is 0 Å². The lowest BCUT2D eigenvalue weighted by Gasteiger charge is -2.34. The third kappa shape index (κ3) is 4.26. The molecule has 1 aliphatic heterocycles. The highest BCUT2D eigenvalue weighted by Crippen LogP contribution is 2.23. The predicted molar refractivity (Wildman–Crippen MR) is 111 cm³/mol. The van der Waals surface area contributed by atoms with Gasteiger partial charge in [0.25, 0.3) is 5.91 Å². The Kier molecular flexibility index (Phi) is 5.73. The minimum atomic E-state index is -0.000210. The van der Waals surface area contributed by atoms with Crippen LogP contribution in [-0.2, 0) is 6.54 Å². The molecule has 1 fully saturated rings. The first-order valence-electron chi connectivity index (χ1n) is 9.55. The summed E-state index contributed by atoms with van der Waals surface area (Å²) in [6.07, 6.45) is 0. The van der Waals surface area contributed by atoms with Gasteiger partial charge in [0, 0.05) is 32.7 Å². The highest BCUT2D eigenvalue weighted by atomic mass is 32.1. The molecule has 146 valence electrons. The van der Waals surface area contributed by atoms with Gasteiger partial charge in [0.1, 0.15) is 5.75 Å². The molecular formula is C21H24N4O2S. The molecule has 0 aliphatic carbocycles. The molecule has 1 aromatic carbocycles. The fraction of sp³-hybridized carbons (Fsp3) is 0.333. The summed E-state index contributed by atoms with van der Waals surface area (Å²) in [5, 5.41) is 9.21. The van der Waals surface area contributed by atoms with Crippen LogP contribution in [0.25, 0.3) is 10.6 Å². The average Bonchev–Trinajstić information content (AvgIpc) is 3.42. The van der Waals surface area contributed by atoms with Gasteiger partial charge in [-0.3, -0.25) is 14.8 Å². The molecule has 28 heavy (non-hydrogen) atoms. The minimum Gasteiger partial charge on any atom is -0.494 e. The molecule has 6 nitrogen and oxygen atoms in total. The van der Waals surface area contributed by atoms with Gasteiger partial charge < -0.3 is 9.64 Å². The second kappa shape index (κ2) is 8.58. The van der Waals surface area contributed by atoms with E-state index in [9.17, 15) is 4.79 Å². The van der Waals surface area contributed by atoms with Gasteiger partial charge in [0.2, 0.25) is 0 Å². The number of carbonyl (C=O) groups is 1. The maximum absolute atomic E-state index is 12.8. The van der Waals surface area contributed by atoms with E-state index in [1.165, 1.54) is 5.56 Å². The Morgan fingerprint density at radius 3 is 2.64 bits per heavy atom. The average molecular weight is 397 g/mol. The fourth-order valence-electron chi connectivity index (χ4n) is 3.38. The van der Waals surface area contributed by atoms with E-state index in [1.807, 2.05) is 47.5 Å². The zero-order chi connectivity index (χ0) is 19.3. The van der Waals surface area contributed by atoms with Crippen molar-refractivity contribution in [3.8, 4) is 16.3 Å². The third-order valence-corrected chi connectivity index (χ3v) is 5.79. The molecule has 1 amide bonds. The largest absolute Gasteiger partial charge is 0.494 e. The second-order valence-electron chi connectivity index (χ2n) is 6.79. The lowest BCUT2D eigenvalue weighted by atomic mass is 10.2. The van der Waals surface area contributed by atoms with Crippen molar-refractivity contribution in [3.05, 3.63) is 59.1 Å². The minimum absolute atomic E-state index is 0.000210. The maximum Gasteiger partial charge on any atom is 0.274 e. The van der Waals surface area contributed by atoms with Crippen molar-refractivity contribution in [1.29, 1.82) is 0 Å². The van der Waals surface area contributed by atoms with Crippen LogP contribution in [0.5, 0.6) is 5.75 Å². The Morgan fingerprint density at radius 2 is 1.96 bits per heavy atom. The van der Waals surface area contributed by atoms with E-state index in [4.69, 9.17) is 4.74 Å². The molecule has 2 aromatic heterocycles. The van der Waals surface area contributed by atoms with Crippen LogP contribution in [0.3, 0.4) is 0 Å². The van der Waals surface area contributed by atoms with Gasteiger partial charge in [-0.15, -0.1) is 11.3 Å². The Labute approximate surface area is 168 Å². The molecule has 3 heterocycles. The summed E-state index contributed by atoms with van der Waals surface area (Å²) in [6, 6.07) is 14.1. The van der Waals surface area contributed by atoms with Crippen molar-refractivity contribution in [1.82, 2.24) is 20.0 Å². The van der Waals surface area contributed by atoms with E-state index in [-0.39, 0.29) is 5.91 Å². The predicted octanol–water partition coefficient (Wildman–Crippen LogP) is 3.49. The number of aromatic nitrogens is 2. The molecule has 1 N–H and O–H groups in total. The summed E-state index contributed by atoms with van der Waals surface area (Å²) in [5.74, 6) is 0.905. The van der Waals surface area contributed by atoms with Gasteiger partial charge in [-0.05, 0) is 42.1 Å². The molecular weight excluding hydrogens is 372 g/mol. The van der Waals surface area contributed by atoms with Crippen molar-refractivity contribution in [2.75, 3.05) is 32.8 Å². The maximum atomic E-state index is 12.8. The number of carbonyl (C=O) groups excluding carboxylic acids is 1. The number of ether oxygens (including phenoxy) is 1. The molecule has 3 aromatic rings. The number of hydrogen-bond donors (Lipinski definition) is 1. The molecule has 1 aliphatic rings. The highest BCUT2D eigenvalue weighted by molar-refractivity contribution is 7.13. The monoisotopic (exact) mass is 396 g/mol. The Morgan fingerprint density at radius 1 is 1.18 bits per heavy atom. The van der Waals surface area contributed by atoms with Crippen LogP contribution >= 0.6 is 11.3 Å². The number of hydrogen-bond acceptors (Lipinski definition) is 5. The summed E-state index contributed by atoms with van der Waals surface area (Å²) in [4.78, 5) is 18.1. The Hall–Kier alpha value is -2.64. The first-order chi connectivity index (χ1) is 13.7. The Bertz CT molecular complexity index is 897. The van der Waals surface area contributed by atoms with Crippen LogP contribution < -0.4 is 4.74 Å². The topological polar surface area (TPSA) is 61.5 Å². The molecule has 7 heteroatoms. The lowest BCUT2D eigenvalue weighted by Crippen LogP contribution is -2.48. The SMILES string of the molecule is CCOc1ccc(CN2CCN(C(=O)c3cc(-c4cccs4)[nH]n3)CC2)cc1. The third-order valence-electron chi connectivity index (χ3n) is 4.88. The number of nitrogens with zero attached hydrogens (tertiary/aromatic N) is 3. The number of thiophene rings is 1. The molecule has 0 unspecified atom stereocenters. The smallest absolute Gasteiger partial charge is 0.274 e. The van der Waals surface area contributed by atoms with E-state index in [1.54, 1.807) is 11.3 Å². The number of H-pyrrole nitrogens is 1. The van der Waals surface area contributed by atoms with E-state index in [0.29, 0.717) is 12.3 Å². The van der Waals surface area contributed by atoms with E-state index >= 15 is 0 Å². The molecule has 0 spiro atoms. The summed E-state index contributed by atoms with van der Waals surface area (Å²) in [6.45, 7) is 6.72. The van der Waals surface area contributed by atoms with Crippen LogP contribution in [0.15, 0.2) is 47.8 Å². The van der Waals surface area contributed by atoms with Crippen LogP contribution in [0, 0.1) is 0 Å². The summed E-state index contributed by atoms with van der Waals surface area (Å²) in [7, 11) is 0. The van der Waals surface area contributed by atoms with Crippen LogP contribution in [0.2, 0.25) is 0 Å². The van der Waals surface area contributed by atoms with Crippen LogP contribution in [0.1, 0.15) is 23.0 Å². The summed E-state index contributed by atoms with van der Waals surface area (Å²) >= 11 is 1.63. The van der Waals surface area contributed by atoms with Gasteiger partial charge in [-0.2, -0.15) is 5.10 Å². The van der Waals surface area contributed by atoms with Crippen LogP contribution in [0.4, 0.5) is 0 Å². The highest BCUT2D eigenvalue weighted by Gasteiger charge is 2.24. The molecule has 0 radical (unpaired) electrons. The number of amides is 1. The van der Waals surface area contributed by atoms with Crippen molar-refractivity contribution in [2.45, 2.75) is 13.5 Å².